The maximum Gasteiger partial charge on any atom is 0.249 e. The van der Waals surface area contributed by atoms with E-state index in [1.807, 2.05) is 36.7 Å². The van der Waals surface area contributed by atoms with Crippen LogP contribution in [0.25, 0.3) is 11.3 Å². The van der Waals surface area contributed by atoms with E-state index in [0.29, 0.717) is 0 Å². The summed E-state index contributed by atoms with van der Waals surface area (Å²) in [5.74, 6) is -4.71. The maximum absolute atomic E-state index is 13.8. The number of thioether (sulfide) groups is 1. The Labute approximate surface area is 149 Å². The smallest absolute Gasteiger partial charge is 0.249 e. The lowest BCUT2D eigenvalue weighted by Crippen LogP contribution is -2.39. The molecule has 25 heavy (non-hydrogen) atoms. The van der Waals surface area contributed by atoms with Crippen molar-refractivity contribution >= 4 is 17.7 Å². The van der Waals surface area contributed by atoms with E-state index in [9.17, 15) is 13.6 Å². The monoisotopic (exact) mass is 365 g/mol. The van der Waals surface area contributed by atoms with Crippen molar-refractivity contribution in [3.05, 3.63) is 36.0 Å². The number of amides is 1. The molecule has 0 radical (unpaired) electrons. The summed E-state index contributed by atoms with van der Waals surface area (Å²) in [6, 6.07) is 7.93. The minimum Gasteiger partial charge on any atom is -0.369 e. The maximum atomic E-state index is 13.8. The van der Waals surface area contributed by atoms with E-state index in [1.54, 1.807) is 23.5 Å². The van der Waals surface area contributed by atoms with E-state index in [0.717, 1.165) is 21.7 Å². The highest BCUT2D eigenvalue weighted by molar-refractivity contribution is 7.98. The second-order valence-corrected chi connectivity index (χ2v) is 7.43. The van der Waals surface area contributed by atoms with Crippen LogP contribution < -0.4 is 5.73 Å². The Morgan fingerprint density at radius 2 is 2.04 bits per heavy atom. The van der Waals surface area contributed by atoms with Gasteiger partial charge in [0.05, 0.1) is 11.6 Å². The quantitative estimate of drug-likeness (QED) is 0.838. The molecule has 3 rings (SSSR count). The molecule has 2 unspecified atom stereocenters. The Morgan fingerprint density at radius 1 is 1.36 bits per heavy atom. The molecule has 0 saturated heterocycles. The lowest BCUT2D eigenvalue weighted by molar-refractivity contribution is -0.130. The fraction of sp³-hybridized carbons (Fsp3) is 0.444. The van der Waals surface area contributed by atoms with Crippen molar-refractivity contribution < 1.29 is 13.6 Å². The van der Waals surface area contributed by atoms with Gasteiger partial charge in [-0.15, -0.1) is 11.8 Å². The van der Waals surface area contributed by atoms with Crippen LogP contribution in [-0.2, 0) is 11.8 Å². The molecule has 1 aromatic heterocycles. The summed E-state index contributed by atoms with van der Waals surface area (Å²) in [6.45, 7) is 0. The molecule has 1 heterocycles. The van der Waals surface area contributed by atoms with Gasteiger partial charge in [0.1, 0.15) is 0 Å². The fourth-order valence-electron chi connectivity index (χ4n) is 3.56. The molecule has 1 aliphatic rings. The van der Waals surface area contributed by atoms with Gasteiger partial charge in [-0.05, 0) is 30.7 Å². The first-order valence-corrected chi connectivity index (χ1v) is 9.38. The number of nitrogens with two attached hydrogens (primary N) is 1. The number of alkyl halides is 2. The zero-order valence-corrected chi connectivity index (χ0v) is 15.0. The zero-order valence-electron chi connectivity index (χ0n) is 14.2. The Kier molecular flexibility index (Phi) is 4.86. The van der Waals surface area contributed by atoms with Gasteiger partial charge in [0.25, 0.3) is 0 Å². The summed E-state index contributed by atoms with van der Waals surface area (Å²) >= 11 is 1.64. The van der Waals surface area contributed by atoms with Crippen molar-refractivity contribution in [2.24, 2.45) is 18.7 Å². The Morgan fingerprint density at radius 3 is 2.64 bits per heavy atom. The minimum atomic E-state index is -2.83. The van der Waals surface area contributed by atoms with Crippen LogP contribution in [0, 0.1) is 5.92 Å². The van der Waals surface area contributed by atoms with Crippen LogP contribution in [-0.4, -0.2) is 27.9 Å². The van der Waals surface area contributed by atoms with Crippen molar-refractivity contribution in [2.75, 3.05) is 6.26 Å². The third kappa shape index (κ3) is 3.71. The SMILES string of the molecule is CSc1ccc(-c2nn(C)cc2C2CCC(F)(F)CC2C(N)=O)cc1. The van der Waals surface area contributed by atoms with Gasteiger partial charge < -0.3 is 5.73 Å². The summed E-state index contributed by atoms with van der Waals surface area (Å²) in [5, 5.41) is 4.51. The average Bonchev–Trinajstić information content (AvgIpc) is 2.95. The zero-order chi connectivity index (χ0) is 18.2. The Balaban J connectivity index is 2.00. The molecule has 7 heteroatoms. The topological polar surface area (TPSA) is 60.9 Å². The molecule has 1 aromatic carbocycles. The van der Waals surface area contributed by atoms with E-state index in [4.69, 9.17) is 5.73 Å². The van der Waals surface area contributed by atoms with E-state index in [-0.39, 0.29) is 18.8 Å². The number of hydrogen-bond donors (Lipinski definition) is 1. The van der Waals surface area contributed by atoms with Gasteiger partial charge in [0.15, 0.2) is 0 Å². The third-order valence-corrected chi connectivity index (χ3v) is 5.55. The van der Waals surface area contributed by atoms with Gasteiger partial charge in [0.2, 0.25) is 11.8 Å². The molecule has 134 valence electrons. The first-order valence-electron chi connectivity index (χ1n) is 8.16. The predicted molar refractivity (Wildman–Crippen MR) is 94.6 cm³/mol. The van der Waals surface area contributed by atoms with E-state index < -0.39 is 24.2 Å². The molecule has 0 spiro atoms. The first kappa shape index (κ1) is 17.9. The van der Waals surface area contributed by atoms with Crippen LogP contribution in [0.3, 0.4) is 0 Å². The van der Waals surface area contributed by atoms with Gasteiger partial charge in [-0.25, -0.2) is 8.78 Å². The van der Waals surface area contributed by atoms with Crippen LogP contribution in [0.2, 0.25) is 0 Å². The Hall–Kier alpha value is -1.89. The molecule has 2 N–H and O–H groups in total. The summed E-state index contributed by atoms with van der Waals surface area (Å²) in [7, 11) is 1.79. The number of nitrogens with zero attached hydrogens (tertiary/aromatic N) is 2. The van der Waals surface area contributed by atoms with Crippen LogP contribution in [0.4, 0.5) is 8.78 Å². The number of carbonyl (C=O) groups excluding carboxylic acids is 1. The van der Waals surface area contributed by atoms with E-state index in [1.165, 1.54) is 0 Å². The lowest BCUT2D eigenvalue weighted by Gasteiger charge is -2.34. The van der Waals surface area contributed by atoms with Crippen LogP contribution >= 0.6 is 11.8 Å². The molecular formula is C18H21F2N3OS. The minimum absolute atomic E-state index is 0.224. The largest absolute Gasteiger partial charge is 0.369 e. The number of aryl methyl sites for hydroxylation is 1. The van der Waals surface area contributed by atoms with Crippen molar-refractivity contribution in [3.8, 4) is 11.3 Å². The van der Waals surface area contributed by atoms with E-state index in [2.05, 4.69) is 5.10 Å². The number of primary amides is 1. The van der Waals surface area contributed by atoms with Crippen LogP contribution in [0.5, 0.6) is 0 Å². The summed E-state index contributed by atoms with van der Waals surface area (Å²) in [5.41, 5.74) is 7.91. The summed E-state index contributed by atoms with van der Waals surface area (Å²) in [6.07, 6.45) is 3.32. The number of benzene rings is 1. The van der Waals surface area contributed by atoms with Crippen molar-refractivity contribution in [3.63, 3.8) is 0 Å². The molecule has 4 nitrogen and oxygen atoms in total. The molecule has 1 saturated carbocycles. The number of halogens is 2. The van der Waals surface area contributed by atoms with Crippen LogP contribution in [0.1, 0.15) is 30.7 Å². The molecular weight excluding hydrogens is 344 g/mol. The normalized spacial score (nSPS) is 22.7. The molecule has 1 aliphatic carbocycles. The van der Waals surface area contributed by atoms with E-state index >= 15 is 0 Å². The second-order valence-electron chi connectivity index (χ2n) is 6.55. The summed E-state index contributed by atoms with van der Waals surface area (Å²) in [4.78, 5) is 13.0. The number of hydrogen-bond acceptors (Lipinski definition) is 3. The van der Waals surface area contributed by atoms with Crippen molar-refractivity contribution in [1.82, 2.24) is 9.78 Å². The van der Waals surface area contributed by atoms with Crippen molar-refractivity contribution in [1.29, 1.82) is 0 Å². The highest BCUT2D eigenvalue weighted by Gasteiger charge is 2.45. The number of rotatable bonds is 4. The van der Waals surface area contributed by atoms with Gasteiger partial charge >= 0.3 is 0 Å². The van der Waals surface area contributed by atoms with Gasteiger partial charge in [-0.3, -0.25) is 9.48 Å². The first-order chi connectivity index (χ1) is 11.8. The Bertz CT molecular complexity index is 773. The van der Waals surface area contributed by atoms with Gasteiger partial charge in [-0.2, -0.15) is 5.10 Å². The number of carbonyl (C=O) groups is 1. The predicted octanol–water partition coefficient (Wildman–Crippen LogP) is 3.81. The van der Waals surface area contributed by atoms with Crippen molar-refractivity contribution in [2.45, 2.75) is 36.0 Å². The molecule has 0 aliphatic heterocycles. The number of aromatic nitrogens is 2. The average molecular weight is 365 g/mol. The standard InChI is InChI=1S/C18H21F2N3OS/c1-23-10-15(13-7-8-18(19,20)9-14(13)17(21)24)16(22-23)11-3-5-12(25-2)6-4-11/h3-6,10,13-14H,7-9H2,1-2H3,(H2,21,24). The molecule has 1 fully saturated rings. The molecule has 2 atom stereocenters. The third-order valence-electron chi connectivity index (χ3n) is 4.81. The lowest BCUT2D eigenvalue weighted by atomic mass is 9.73. The molecule has 1 amide bonds. The van der Waals surface area contributed by atoms with Gasteiger partial charge in [-0.1, -0.05) is 12.1 Å². The highest BCUT2D eigenvalue weighted by Crippen LogP contribution is 2.46. The molecule has 0 bridgehead atoms. The second kappa shape index (κ2) is 6.78. The summed E-state index contributed by atoms with van der Waals surface area (Å²) < 4.78 is 29.2. The highest BCUT2D eigenvalue weighted by atomic mass is 32.2. The molecule has 2 aromatic rings. The fourth-order valence-corrected chi connectivity index (χ4v) is 3.96. The van der Waals surface area contributed by atoms with Crippen LogP contribution in [0.15, 0.2) is 35.4 Å². The van der Waals surface area contributed by atoms with Gasteiger partial charge in [0, 0.05) is 42.1 Å².